The SMILES string of the molecule is Cc1ccc(Cn2cc(C(=O)NCCCOCC3CCCO3)c(-c3ccc(C)cc3)n2)cc1. The molecule has 1 aliphatic rings. The van der Waals surface area contributed by atoms with Crippen LogP contribution in [0, 0.1) is 13.8 Å². The Morgan fingerprint density at radius 1 is 1.12 bits per heavy atom. The molecule has 1 aromatic heterocycles. The van der Waals surface area contributed by atoms with Gasteiger partial charge in [0.05, 0.1) is 24.8 Å². The van der Waals surface area contributed by atoms with Crippen molar-refractivity contribution in [1.82, 2.24) is 15.1 Å². The minimum Gasteiger partial charge on any atom is -0.379 e. The summed E-state index contributed by atoms with van der Waals surface area (Å²) in [4.78, 5) is 13.0. The van der Waals surface area contributed by atoms with Gasteiger partial charge in [-0.05, 0) is 38.7 Å². The molecule has 4 rings (SSSR count). The Morgan fingerprint density at radius 3 is 2.55 bits per heavy atom. The summed E-state index contributed by atoms with van der Waals surface area (Å²) in [7, 11) is 0. The van der Waals surface area contributed by atoms with Crippen molar-refractivity contribution in [3.8, 4) is 11.3 Å². The molecule has 0 saturated carbocycles. The second-order valence-electron chi connectivity index (χ2n) is 8.76. The minimum absolute atomic E-state index is 0.111. The Morgan fingerprint density at radius 2 is 1.85 bits per heavy atom. The van der Waals surface area contributed by atoms with Crippen LogP contribution in [0.25, 0.3) is 11.3 Å². The fourth-order valence-corrected chi connectivity index (χ4v) is 3.94. The highest BCUT2D eigenvalue weighted by molar-refractivity contribution is 5.99. The van der Waals surface area contributed by atoms with E-state index in [-0.39, 0.29) is 12.0 Å². The molecule has 6 heteroatoms. The number of amides is 1. The van der Waals surface area contributed by atoms with Crippen LogP contribution < -0.4 is 5.32 Å². The van der Waals surface area contributed by atoms with E-state index < -0.39 is 0 Å². The van der Waals surface area contributed by atoms with E-state index in [1.165, 1.54) is 11.1 Å². The molecule has 6 nitrogen and oxygen atoms in total. The predicted octanol–water partition coefficient (Wildman–Crippen LogP) is 4.53. The quantitative estimate of drug-likeness (QED) is 0.464. The normalized spacial score (nSPS) is 15.6. The highest BCUT2D eigenvalue weighted by atomic mass is 16.5. The second-order valence-corrected chi connectivity index (χ2v) is 8.76. The molecule has 1 unspecified atom stereocenters. The van der Waals surface area contributed by atoms with Crippen LogP contribution in [0.5, 0.6) is 0 Å². The number of nitrogens with zero attached hydrogens (tertiary/aromatic N) is 2. The lowest BCUT2D eigenvalue weighted by Crippen LogP contribution is -2.26. The first-order valence-corrected chi connectivity index (χ1v) is 11.8. The van der Waals surface area contributed by atoms with Crippen molar-refractivity contribution in [2.24, 2.45) is 0 Å². The molecule has 1 atom stereocenters. The number of aryl methyl sites for hydroxylation is 2. The monoisotopic (exact) mass is 447 g/mol. The van der Waals surface area contributed by atoms with Crippen molar-refractivity contribution < 1.29 is 14.3 Å². The van der Waals surface area contributed by atoms with Crippen LogP contribution >= 0.6 is 0 Å². The number of carbonyl (C=O) groups excluding carboxylic acids is 1. The number of hydrogen-bond donors (Lipinski definition) is 1. The third kappa shape index (κ3) is 6.53. The Labute approximate surface area is 195 Å². The van der Waals surface area contributed by atoms with Gasteiger partial charge in [0, 0.05) is 31.5 Å². The van der Waals surface area contributed by atoms with Crippen LogP contribution in [0.15, 0.2) is 54.7 Å². The van der Waals surface area contributed by atoms with Crippen molar-refractivity contribution >= 4 is 5.91 Å². The third-order valence-electron chi connectivity index (χ3n) is 5.88. The summed E-state index contributed by atoms with van der Waals surface area (Å²) >= 11 is 0. The van der Waals surface area contributed by atoms with Gasteiger partial charge in [0.15, 0.2) is 0 Å². The Bertz CT molecular complexity index is 1040. The topological polar surface area (TPSA) is 65.4 Å². The van der Waals surface area contributed by atoms with Crippen LogP contribution in [0.3, 0.4) is 0 Å². The van der Waals surface area contributed by atoms with Gasteiger partial charge in [-0.3, -0.25) is 9.48 Å². The van der Waals surface area contributed by atoms with E-state index >= 15 is 0 Å². The molecule has 0 spiro atoms. The van der Waals surface area contributed by atoms with Crippen LogP contribution in [-0.2, 0) is 16.0 Å². The molecule has 1 saturated heterocycles. The van der Waals surface area contributed by atoms with Gasteiger partial charge >= 0.3 is 0 Å². The number of hydrogen-bond acceptors (Lipinski definition) is 4. The van der Waals surface area contributed by atoms with Gasteiger partial charge in [0.2, 0.25) is 0 Å². The lowest BCUT2D eigenvalue weighted by molar-refractivity contribution is 0.0166. The van der Waals surface area contributed by atoms with E-state index in [0.717, 1.165) is 37.0 Å². The second kappa shape index (κ2) is 11.3. The van der Waals surface area contributed by atoms with E-state index in [0.29, 0.717) is 37.6 Å². The summed E-state index contributed by atoms with van der Waals surface area (Å²) in [5.41, 5.74) is 5.77. The van der Waals surface area contributed by atoms with Gasteiger partial charge in [-0.1, -0.05) is 59.7 Å². The summed E-state index contributed by atoms with van der Waals surface area (Å²) < 4.78 is 13.1. The van der Waals surface area contributed by atoms with Crippen LogP contribution in [-0.4, -0.2) is 48.2 Å². The van der Waals surface area contributed by atoms with Crippen molar-refractivity contribution in [2.75, 3.05) is 26.4 Å². The molecule has 0 aliphatic carbocycles. The first kappa shape index (κ1) is 23.2. The number of rotatable bonds is 10. The molecule has 2 heterocycles. The van der Waals surface area contributed by atoms with Gasteiger partial charge in [-0.25, -0.2) is 0 Å². The largest absolute Gasteiger partial charge is 0.379 e. The van der Waals surface area contributed by atoms with E-state index in [9.17, 15) is 4.79 Å². The number of benzene rings is 2. The molecule has 33 heavy (non-hydrogen) atoms. The van der Waals surface area contributed by atoms with Gasteiger partial charge in [0.25, 0.3) is 5.91 Å². The lowest BCUT2D eigenvalue weighted by atomic mass is 10.1. The zero-order valence-corrected chi connectivity index (χ0v) is 19.5. The van der Waals surface area contributed by atoms with Crippen LogP contribution in [0.4, 0.5) is 0 Å². The molecule has 0 bridgehead atoms. The highest BCUT2D eigenvalue weighted by Gasteiger charge is 2.18. The molecule has 1 amide bonds. The highest BCUT2D eigenvalue weighted by Crippen LogP contribution is 2.23. The summed E-state index contributed by atoms with van der Waals surface area (Å²) in [6.07, 6.45) is 5.03. The van der Waals surface area contributed by atoms with Crippen LogP contribution in [0.1, 0.15) is 46.3 Å². The summed E-state index contributed by atoms with van der Waals surface area (Å²) in [6, 6.07) is 16.5. The molecule has 0 radical (unpaired) electrons. The zero-order chi connectivity index (χ0) is 23.0. The van der Waals surface area contributed by atoms with Gasteiger partial charge in [-0.2, -0.15) is 5.10 Å². The maximum Gasteiger partial charge on any atom is 0.255 e. The molecule has 174 valence electrons. The van der Waals surface area contributed by atoms with Crippen molar-refractivity contribution in [1.29, 1.82) is 0 Å². The molecule has 1 aliphatic heterocycles. The standard InChI is InChI=1S/C27H33N3O3/c1-20-6-10-22(11-7-20)17-30-18-25(26(29-30)23-12-8-21(2)9-13-23)27(31)28-14-4-15-32-19-24-5-3-16-33-24/h6-13,18,24H,3-5,14-17,19H2,1-2H3,(H,28,31). The number of nitrogens with one attached hydrogen (secondary N) is 1. The van der Waals surface area contributed by atoms with Gasteiger partial charge in [0.1, 0.15) is 5.69 Å². The third-order valence-corrected chi connectivity index (χ3v) is 5.88. The predicted molar refractivity (Wildman–Crippen MR) is 129 cm³/mol. The maximum atomic E-state index is 13.0. The first-order valence-electron chi connectivity index (χ1n) is 11.8. The van der Waals surface area contributed by atoms with E-state index in [4.69, 9.17) is 14.6 Å². The zero-order valence-electron chi connectivity index (χ0n) is 19.5. The fourth-order valence-electron chi connectivity index (χ4n) is 3.94. The first-order chi connectivity index (χ1) is 16.1. The molecular formula is C27H33N3O3. The summed E-state index contributed by atoms with van der Waals surface area (Å²) in [5, 5.41) is 7.80. The van der Waals surface area contributed by atoms with Crippen LogP contribution in [0.2, 0.25) is 0 Å². The Balaban J connectivity index is 1.39. The maximum absolute atomic E-state index is 13.0. The van der Waals surface area contributed by atoms with E-state index in [1.54, 1.807) is 0 Å². The molecule has 1 N–H and O–H groups in total. The average molecular weight is 448 g/mol. The summed E-state index contributed by atoms with van der Waals surface area (Å²) in [6.45, 7) is 7.38. The van der Waals surface area contributed by atoms with Crippen molar-refractivity contribution in [3.63, 3.8) is 0 Å². The smallest absolute Gasteiger partial charge is 0.255 e. The van der Waals surface area contributed by atoms with E-state index in [2.05, 4.69) is 36.5 Å². The molecular weight excluding hydrogens is 414 g/mol. The van der Waals surface area contributed by atoms with Gasteiger partial charge in [-0.15, -0.1) is 0 Å². The lowest BCUT2D eigenvalue weighted by Gasteiger charge is -2.10. The molecule has 3 aromatic rings. The van der Waals surface area contributed by atoms with Crippen molar-refractivity contribution in [2.45, 2.75) is 45.8 Å². The Kier molecular flexibility index (Phi) is 7.92. The number of aromatic nitrogens is 2. The average Bonchev–Trinajstić information content (AvgIpc) is 3.48. The number of ether oxygens (including phenoxy) is 2. The fraction of sp³-hybridized carbons (Fsp3) is 0.407. The summed E-state index contributed by atoms with van der Waals surface area (Å²) in [5.74, 6) is -0.111. The van der Waals surface area contributed by atoms with Gasteiger partial charge < -0.3 is 14.8 Å². The molecule has 2 aromatic carbocycles. The minimum atomic E-state index is -0.111. The molecule has 1 fully saturated rings. The number of carbonyl (C=O) groups is 1. The van der Waals surface area contributed by atoms with Crippen molar-refractivity contribution in [3.05, 3.63) is 77.0 Å². The Hall–Kier alpha value is -2.96. The van der Waals surface area contributed by atoms with E-state index in [1.807, 2.05) is 42.1 Å².